The number of aliphatic hydroxyl groups excluding tert-OH is 1. The van der Waals surface area contributed by atoms with Crippen LogP contribution in [-0.4, -0.2) is 40.3 Å². The molecule has 11 heteroatoms. The number of nitrogens with zero attached hydrogens (tertiary/aromatic N) is 4. The Labute approximate surface area is 222 Å². The molecule has 0 aliphatic heterocycles. The van der Waals surface area contributed by atoms with Gasteiger partial charge in [0.1, 0.15) is 4.75 Å². The Bertz CT molecular complexity index is 1400. The number of fused-ring (bicyclic) bond motifs is 1. The van der Waals surface area contributed by atoms with Crippen molar-refractivity contribution in [1.29, 1.82) is 0 Å². The highest BCUT2D eigenvalue weighted by Gasteiger charge is 2.40. The number of aliphatic hydroxyl groups is 1. The molecule has 0 aliphatic carbocycles. The van der Waals surface area contributed by atoms with Gasteiger partial charge in [-0.2, -0.15) is 18.3 Å². The van der Waals surface area contributed by atoms with E-state index in [1.165, 1.54) is 16.8 Å². The highest BCUT2D eigenvalue weighted by Crippen LogP contribution is 2.32. The van der Waals surface area contributed by atoms with E-state index in [1.807, 2.05) is 57.2 Å². The lowest BCUT2D eigenvalue weighted by Gasteiger charge is -2.27. The second-order valence-electron chi connectivity index (χ2n) is 9.98. The Morgan fingerprint density at radius 1 is 1.03 bits per heavy atom. The van der Waals surface area contributed by atoms with Crippen LogP contribution in [0.5, 0.6) is 0 Å². The number of halogens is 3. The van der Waals surface area contributed by atoms with Crippen molar-refractivity contribution in [2.75, 3.05) is 0 Å². The first kappa shape index (κ1) is 28.0. The largest absolute Gasteiger partial charge is 0.598 e. The molecule has 38 heavy (non-hydrogen) atoms. The number of benzene rings is 1. The minimum absolute atomic E-state index is 0.150. The average Bonchev–Trinajstić information content (AvgIpc) is 3.30. The van der Waals surface area contributed by atoms with Crippen LogP contribution in [0.15, 0.2) is 60.8 Å². The summed E-state index contributed by atoms with van der Waals surface area (Å²) in [5, 5.41) is 14.7. The first-order valence-corrected chi connectivity index (χ1v) is 13.4. The molecule has 0 amide bonds. The van der Waals surface area contributed by atoms with Gasteiger partial charge in [0.15, 0.2) is 11.9 Å². The van der Waals surface area contributed by atoms with Crippen LogP contribution in [0.2, 0.25) is 0 Å². The molecule has 0 spiro atoms. The molecule has 3 atom stereocenters. The molecule has 0 saturated heterocycles. The zero-order valence-electron chi connectivity index (χ0n) is 21.5. The van der Waals surface area contributed by atoms with E-state index in [-0.39, 0.29) is 11.9 Å². The predicted octanol–water partition coefficient (Wildman–Crippen LogP) is 5.97. The highest BCUT2D eigenvalue weighted by molar-refractivity contribution is 7.90. The van der Waals surface area contributed by atoms with Gasteiger partial charge in [-0.15, -0.1) is 4.72 Å². The van der Waals surface area contributed by atoms with Crippen molar-refractivity contribution in [1.82, 2.24) is 24.5 Å². The molecule has 3 heterocycles. The number of alkyl halides is 3. The lowest BCUT2D eigenvalue weighted by atomic mass is 10.1. The second-order valence-corrected chi connectivity index (χ2v) is 12.0. The minimum atomic E-state index is -4.83. The van der Waals surface area contributed by atoms with E-state index >= 15 is 0 Å². The summed E-state index contributed by atoms with van der Waals surface area (Å²) in [5.74, 6) is 0.150. The summed E-state index contributed by atoms with van der Waals surface area (Å²) < 4.78 is 56.1. The van der Waals surface area contributed by atoms with Gasteiger partial charge in [-0.1, -0.05) is 37.6 Å². The number of aromatic nitrogens is 4. The molecular formula is C27H30F3N5O2S. The maximum Gasteiger partial charge on any atom is 0.420 e. The fourth-order valence-electron chi connectivity index (χ4n) is 3.91. The van der Waals surface area contributed by atoms with Gasteiger partial charge >= 0.3 is 6.18 Å². The van der Waals surface area contributed by atoms with E-state index in [0.29, 0.717) is 11.2 Å². The summed E-state index contributed by atoms with van der Waals surface area (Å²) >= 11 is -1.27. The van der Waals surface area contributed by atoms with Gasteiger partial charge in [0.2, 0.25) is 0 Å². The molecule has 0 aliphatic rings. The van der Waals surface area contributed by atoms with Gasteiger partial charge in [-0.05, 0) is 57.5 Å². The van der Waals surface area contributed by atoms with E-state index in [2.05, 4.69) is 21.7 Å². The van der Waals surface area contributed by atoms with Crippen LogP contribution in [0.25, 0.3) is 28.0 Å². The summed E-state index contributed by atoms with van der Waals surface area (Å²) in [6.07, 6.45) is -4.28. The number of rotatable bonds is 8. The topological polar surface area (TPSA) is 98.9 Å². The summed E-state index contributed by atoms with van der Waals surface area (Å²) in [4.78, 5) is 8.87. The lowest BCUT2D eigenvalue weighted by Crippen LogP contribution is -2.41. The third-order valence-corrected chi connectivity index (χ3v) is 7.55. The molecule has 0 radical (unpaired) electrons. The smallest absolute Gasteiger partial charge is 0.420 e. The predicted molar refractivity (Wildman–Crippen MR) is 142 cm³/mol. The zero-order chi connectivity index (χ0) is 27.7. The van der Waals surface area contributed by atoms with E-state index in [1.54, 1.807) is 6.20 Å². The Kier molecular flexibility index (Phi) is 8.12. The second kappa shape index (κ2) is 11.0. The van der Waals surface area contributed by atoms with Crippen molar-refractivity contribution in [3.8, 4) is 17.1 Å². The standard InChI is InChI=1S/C27H30F3N5O2S/c1-5-8-21(34-38(37)26(2,3)4)20-10-6-9-19(32-20)17-13-14-18-16-31-35(23(18)15-17)24-12-7-11-22(33-24)25(36)27(28,29)30/h6-7,9-16,21,25,34,36H,5,8H2,1-4H3/t21-,25-,38-/m0/s1. The molecule has 3 aromatic heterocycles. The van der Waals surface area contributed by atoms with Gasteiger partial charge < -0.3 is 9.66 Å². The summed E-state index contributed by atoms with van der Waals surface area (Å²) in [6.45, 7) is 7.80. The molecule has 4 aromatic rings. The Morgan fingerprint density at radius 3 is 2.42 bits per heavy atom. The maximum absolute atomic E-state index is 13.0. The number of pyridine rings is 2. The Hall–Kier alpha value is -2.99. The van der Waals surface area contributed by atoms with Gasteiger partial charge in [0, 0.05) is 22.3 Å². The van der Waals surface area contributed by atoms with E-state index in [4.69, 9.17) is 4.98 Å². The van der Waals surface area contributed by atoms with Crippen molar-refractivity contribution in [2.24, 2.45) is 0 Å². The van der Waals surface area contributed by atoms with Crippen molar-refractivity contribution < 1.29 is 22.8 Å². The molecule has 2 N–H and O–H groups in total. The normalized spacial score (nSPS) is 15.0. The average molecular weight is 546 g/mol. The molecule has 1 aromatic carbocycles. The Morgan fingerprint density at radius 2 is 1.74 bits per heavy atom. The first-order valence-electron chi connectivity index (χ1n) is 12.2. The molecule has 7 nitrogen and oxygen atoms in total. The van der Waals surface area contributed by atoms with Crippen molar-refractivity contribution in [3.63, 3.8) is 0 Å². The van der Waals surface area contributed by atoms with Crippen LogP contribution >= 0.6 is 0 Å². The van der Waals surface area contributed by atoms with Gasteiger partial charge in [0.25, 0.3) is 0 Å². The van der Waals surface area contributed by atoms with Crippen LogP contribution in [-0.2, 0) is 11.4 Å². The van der Waals surface area contributed by atoms with Gasteiger partial charge in [-0.25, -0.2) is 9.67 Å². The summed E-state index contributed by atoms with van der Waals surface area (Å²) in [7, 11) is 0. The van der Waals surface area contributed by atoms with E-state index < -0.39 is 34.1 Å². The zero-order valence-corrected chi connectivity index (χ0v) is 22.3. The van der Waals surface area contributed by atoms with E-state index in [9.17, 15) is 22.8 Å². The Balaban J connectivity index is 1.70. The molecule has 4 rings (SSSR count). The van der Waals surface area contributed by atoms with Crippen LogP contribution in [0.1, 0.15) is 64.1 Å². The third kappa shape index (κ3) is 6.17. The highest BCUT2D eigenvalue weighted by atomic mass is 32.2. The monoisotopic (exact) mass is 545 g/mol. The number of hydrogen-bond acceptors (Lipinski definition) is 6. The van der Waals surface area contributed by atoms with Gasteiger partial charge in [-0.3, -0.25) is 4.98 Å². The quantitative estimate of drug-likeness (QED) is 0.265. The lowest BCUT2D eigenvalue weighted by molar-refractivity contribution is -0.207. The van der Waals surface area contributed by atoms with Crippen molar-refractivity contribution in [2.45, 2.75) is 63.6 Å². The van der Waals surface area contributed by atoms with Crippen molar-refractivity contribution >= 4 is 22.3 Å². The SMILES string of the molecule is CCC[C@H](N[S@@+]([O-])C(C)(C)C)c1cccc(-c2ccc3cnn(-c4cccc([C@H](O)C(F)(F)F)n4)c3c2)n1. The summed E-state index contributed by atoms with van der Waals surface area (Å²) in [6, 6.07) is 15.1. The van der Waals surface area contributed by atoms with E-state index in [0.717, 1.165) is 35.6 Å². The molecule has 0 saturated carbocycles. The van der Waals surface area contributed by atoms with Crippen LogP contribution in [0, 0.1) is 0 Å². The third-order valence-electron chi connectivity index (χ3n) is 5.94. The number of nitrogens with one attached hydrogen (secondary N) is 1. The van der Waals surface area contributed by atoms with Crippen LogP contribution < -0.4 is 4.72 Å². The minimum Gasteiger partial charge on any atom is -0.598 e. The molecular weight excluding hydrogens is 515 g/mol. The maximum atomic E-state index is 13.0. The molecule has 0 unspecified atom stereocenters. The molecule has 0 bridgehead atoms. The molecule has 0 fully saturated rings. The summed E-state index contributed by atoms with van der Waals surface area (Å²) in [5.41, 5.74) is 2.35. The van der Waals surface area contributed by atoms with Gasteiger partial charge in [0.05, 0.1) is 34.8 Å². The fourth-order valence-corrected chi connectivity index (χ4v) is 4.76. The van der Waals surface area contributed by atoms with Crippen LogP contribution in [0.3, 0.4) is 0 Å². The first-order chi connectivity index (χ1) is 17.9. The molecule has 202 valence electrons. The van der Waals surface area contributed by atoms with Crippen LogP contribution in [0.4, 0.5) is 13.2 Å². The van der Waals surface area contributed by atoms with Crippen molar-refractivity contribution in [3.05, 3.63) is 72.2 Å². The number of hydrogen-bond donors (Lipinski definition) is 2. The fraction of sp³-hybridized carbons (Fsp3) is 0.370.